The van der Waals surface area contributed by atoms with Gasteiger partial charge in [0.05, 0.1) is 18.6 Å². The van der Waals surface area contributed by atoms with Crippen molar-refractivity contribution in [3.05, 3.63) is 29.8 Å². The van der Waals surface area contributed by atoms with E-state index in [1.54, 1.807) is 0 Å². The monoisotopic (exact) mass is 290 g/mol. The number of benzene rings is 1. The molecule has 1 amide bonds. The summed E-state index contributed by atoms with van der Waals surface area (Å²) in [5.74, 6) is 1.16. The third-order valence-electron chi connectivity index (χ3n) is 4.05. The molecule has 1 aliphatic rings. The van der Waals surface area contributed by atoms with E-state index in [0.29, 0.717) is 6.61 Å². The van der Waals surface area contributed by atoms with Crippen molar-refractivity contribution in [1.29, 1.82) is 0 Å². The molecule has 116 valence electrons. The van der Waals surface area contributed by atoms with Crippen LogP contribution in [-0.2, 0) is 4.79 Å². The molecule has 21 heavy (non-hydrogen) atoms. The van der Waals surface area contributed by atoms with E-state index < -0.39 is 0 Å². The maximum absolute atomic E-state index is 12.3. The first-order valence-electron chi connectivity index (χ1n) is 7.81. The van der Waals surface area contributed by atoms with Gasteiger partial charge in [0.25, 0.3) is 0 Å². The van der Waals surface area contributed by atoms with Crippen LogP contribution in [0, 0.1) is 5.92 Å². The zero-order valence-corrected chi connectivity index (χ0v) is 13.3. The summed E-state index contributed by atoms with van der Waals surface area (Å²) in [6, 6.07) is 7.97. The first-order chi connectivity index (χ1) is 10.1. The predicted molar refractivity (Wildman–Crippen MR) is 84.4 cm³/mol. The maximum Gasteiger partial charge on any atom is 0.224 e. The van der Waals surface area contributed by atoms with Crippen molar-refractivity contribution < 1.29 is 9.53 Å². The Bertz CT molecular complexity index is 458. The molecule has 0 bridgehead atoms. The lowest BCUT2D eigenvalue weighted by Gasteiger charge is -2.29. The van der Waals surface area contributed by atoms with Crippen LogP contribution in [-0.4, -0.2) is 37.6 Å². The first kappa shape index (κ1) is 15.8. The second kappa shape index (κ2) is 7.46. The van der Waals surface area contributed by atoms with E-state index in [1.807, 2.05) is 38.1 Å². The molecule has 2 rings (SSSR count). The summed E-state index contributed by atoms with van der Waals surface area (Å²) in [5, 5.41) is 3.13. The van der Waals surface area contributed by atoms with Crippen LogP contribution in [0.2, 0.25) is 0 Å². The minimum atomic E-state index is 0.0282. The van der Waals surface area contributed by atoms with Crippen LogP contribution >= 0.6 is 0 Å². The Hall–Kier alpha value is -1.55. The second-order valence-corrected chi connectivity index (χ2v) is 5.83. The molecule has 1 saturated heterocycles. The van der Waals surface area contributed by atoms with E-state index in [4.69, 9.17) is 4.74 Å². The van der Waals surface area contributed by atoms with E-state index in [1.165, 1.54) is 0 Å². The van der Waals surface area contributed by atoms with Gasteiger partial charge in [0.15, 0.2) is 0 Å². The van der Waals surface area contributed by atoms with Crippen LogP contribution in [0.1, 0.15) is 38.3 Å². The van der Waals surface area contributed by atoms with Crippen molar-refractivity contribution >= 4 is 5.91 Å². The van der Waals surface area contributed by atoms with Gasteiger partial charge in [-0.05, 0) is 58.0 Å². The van der Waals surface area contributed by atoms with Gasteiger partial charge in [0.2, 0.25) is 5.91 Å². The quantitative estimate of drug-likeness (QED) is 0.906. The molecular formula is C17H26N2O2. The summed E-state index contributed by atoms with van der Waals surface area (Å²) < 4.78 is 5.44. The van der Waals surface area contributed by atoms with Crippen LogP contribution < -0.4 is 10.1 Å². The summed E-state index contributed by atoms with van der Waals surface area (Å²) in [6.07, 6.45) is 2.10. The third kappa shape index (κ3) is 4.46. The smallest absolute Gasteiger partial charge is 0.224 e. The third-order valence-corrected chi connectivity index (χ3v) is 4.05. The molecule has 1 N–H and O–H groups in total. The van der Waals surface area contributed by atoms with Crippen molar-refractivity contribution in [1.82, 2.24) is 10.2 Å². The van der Waals surface area contributed by atoms with Gasteiger partial charge < -0.3 is 15.0 Å². The van der Waals surface area contributed by atoms with Gasteiger partial charge in [0, 0.05) is 6.54 Å². The number of carbonyl (C=O) groups excluding carboxylic acids is 1. The van der Waals surface area contributed by atoms with Crippen molar-refractivity contribution in [2.24, 2.45) is 5.92 Å². The second-order valence-electron chi connectivity index (χ2n) is 5.83. The number of likely N-dealkylation sites (tertiary alicyclic amines) is 1. The van der Waals surface area contributed by atoms with Crippen LogP contribution in [0.5, 0.6) is 5.75 Å². The van der Waals surface area contributed by atoms with Crippen molar-refractivity contribution in [3.63, 3.8) is 0 Å². The molecule has 0 unspecified atom stereocenters. The topological polar surface area (TPSA) is 41.6 Å². The Morgan fingerprint density at radius 1 is 1.43 bits per heavy atom. The fraction of sp³-hybridized carbons (Fsp3) is 0.588. The number of amides is 1. The van der Waals surface area contributed by atoms with Crippen LogP contribution in [0.15, 0.2) is 24.3 Å². The Morgan fingerprint density at radius 3 is 2.76 bits per heavy atom. The normalized spacial score (nSPS) is 20.8. The fourth-order valence-electron chi connectivity index (χ4n) is 2.81. The van der Waals surface area contributed by atoms with Crippen molar-refractivity contribution in [2.75, 3.05) is 26.7 Å². The summed E-state index contributed by atoms with van der Waals surface area (Å²) in [4.78, 5) is 14.6. The van der Waals surface area contributed by atoms with E-state index in [2.05, 4.69) is 17.3 Å². The Morgan fingerprint density at radius 2 is 2.14 bits per heavy atom. The van der Waals surface area contributed by atoms with Crippen LogP contribution in [0.3, 0.4) is 0 Å². The molecular weight excluding hydrogens is 264 g/mol. The molecule has 1 aliphatic heterocycles. The van der Waals surface area contributed by atoms with Gasteiger partial charge in [0.1, 0.15) is 5.75 Å². The van der Waals surface area contributed by atoms with Gasteiger partial charge >= 0.3 is 0 Å². The summed E-state index contributed by atoms with van der Waals surface area (Å²) in [6.45, 7) is 6.62. The zero-order valence-electron chi connectivity index (χ0n) is 13.3. The van der Waals surface area contributed by atoms with Gasteiger partial charge in [-0.25, -0.2) is 0 Å². The molecule has 1 aromatic carbocycles. The lowest BCUT2D eigenvalue weighted by atomic mass is 9.97. The van der Waals surface area contributed by atoms with Crippen LogP contribution in [0.4, 0.5) is 0 Å². The molecule has 1 aromatic rings. The SMILES string of the molecule is CCOc1ccc([C@@H](C)NC(=O)[C@@H]2CCCN(C)C2)cc1. The molecule has 2 atom stereocenters. The number of ether oxygens (including phenoxy) is 1. The standard InChI is InChI=1S/C17H26N2O2/c1-4-21-16-9-7-14(8-10-16)13(2)18-17(20)15-6-5-11-19(3)12-15/h7-10,13,15H,4-6,11-12H2,1-3H3,(H,18,20)/t13-,15-/m1/s1. The number of hydrogen-bond donors (Lipinski definition) is 1. The molecule has 1 fully saturated rings. The summed E-state index contributed by atoms with van der Waals surface area (Å²) >= 11 is 0. The lowest BCUT2D eigenvalue weighted by Crippen LogP contribution is -2.42. The number of nitrogens with one attached hydrogen (secondary N) is 1. The van der Waals surface area contributed by atoms with E-state index in [0.717, 1.165) is 37.2 Å². The van der Waals surface area contributed by atoms with Gasteiger partial charge in [-0.3, -0.25) is 4.79 Å². The molecule has 4 nitrogen and oxygen atoms in total. The highest BCUT2D eigenvalue weighted by Gasteiger charge is 2.24. The molecule has 0 saturated carbocycles. The minimum absolute atomic E-state index is 0.0282. The Labute approximate surface area is 127 Å². The number of carbonyl (C=O) groups is 1. The molecule has 0 spiro atoms. The first-order valence-corrected chi connectivity index (χ1v) is 7.81. The van der Waals surface area contributed by atoms with E-state index >= 15 is 0 Å². The van der Waals surface area contributed by atoms with Gasteiger partial charge in [-0.2, -0.15) is 0 Å². The highest BCUT2D eigenvalue weighted by Crippen LogP contribution is 2.20. The minimum Gasteiger partial charge on any atom is -0.494 e. The fourth-order valence-corrected chi connectivity index (χ4v) is 2.81. The average Bonchev–Trinajstić information content (AvgIpc) is 2.48. The molecule has 0 radical (unpaired) electrons. The largest absolute Gasteiger partial charge is 0.494 e. The summed E-state index contributed by atoms with van der Waals surface area (Å²) in [5.41, 5.74) is 1.11. The molecule has 4 heteroatoms. The predicted octanol–water partition coefficient (Wildman–Crippen LogP) is 2.60. The average molecular weight is 290 g/mol. The van der Waals surface area contributed by atoms with Crippen LogP contribution in [0.25, 0.3) is 0 Å². The molecule has 0 aromatic heterocycles. The number of nitrogens with zero attached hydrogens (tertiary/aromatic N) is 1. The number of hydrogen-bond acceptors (Lipinski definition) is 3. The lowest BCUT2D eigenvalue weighted by molar-refractivity contribution is -0.127. The number of rotatable bonds is 5. The maximum atomic E-state index is 12.3. The van der Waals surface area contributed by atoms with Gasteiger partial charge in [-0.1, -0.05) is 12.1 Å². The van der Waals surface area contributed by atoms with E-state index in [-0.39, 0.29) is 17.9 Å². The highest BCUT2D eigenvalue weighted by atomic mass is 16.5. The Kier molecular flexibility index (Phi) is 5.62. The zero-order chi connectivity index (χ0) is 15.2. The van der Waals surface area contributed by atoms with E-state index in [9.17, 15) is 4.79 Å². The Balaban J connectivity index is 1.90. The number of piperidine rings is 1. The van der Waals surface area contributed by atoms with Gasteiger partial charge in [-0.15, -0.1) is 0 Å². The molecule has 0 aliphatic carbocycles. The molecule has 1 heterocycles. The van der Waals surface area contributed by atoms with Crippen molar-refractivity contribution in [3.8, 4) is 5.75 Å². The van der Waals surface area contributed by atoms with Crippen molar-refractivity contribution in [2.45, 2.75) is 32.7 Å². The highest BCUT2D eigenvalue weighted by molar-refractivity contribution is 5.79. The summed E-state index contributed by atoms with van der Waals surface area (Å²) in [7, 11) is 2.08.